The van der Waals surface area contributed by atoms with Crippen LogP contribution in [-0.2, 0) is 17.0 Å². The van der Waals surface area contributed by atoms with E-state index in [4.69, 9.17) is 9.15 Å². The van der Waals surface area contributed by atoms with Gasteiger partial charge in [0.1, 0.15) is 11.5 Å². The minimum atomic E-state index is -2.36. The maximum absolute atomic E-state index is 12.2. The van der Waals surface area contributed by atoms with E-state index in [0.29, 0.717) is 36.0 Å². The van der Waals surface area contributed by atoms with Gasteiger partial charge in [-0.15, -0.1) is 0 Å². The second kappa shape index (κ2) is 9.61. The Morgan fingerprint density at radius 2 is 1.91 bits per heavy atom. The van der Waals surface area contributed by atoms with Crippen LogP contribution in [0.15, 0.2) is 16.5 Å². The zero-order valence-corrected chi connectivity index (χ0v) is 14.6. The molecule has 0 radical (unpaired) electrons. The van der Waals surface area contributed by atoms with Gasteiger partial charge >= 0.3 is 0 Å². The molecule has 0 aliphatic carbocycles. The summed E-state index contributed by atoms with van der Waals surface area (Å²) in [5.74, 6) is -0.211. The molecule has 1 unspecified atom stereocenters. The highest BCUT2D eigenvalue weighted by Gasteiger charge is 2.23. The summed E-state index contributed by atoms with van der Waals surface area (Å²) in [4.78, 5) is 2.47. The molecule has 1 aliphatic heterocycles. The minimum Gasteiger partial charge on any atom is -0.464 e. The smallest absolute Gasteiger partial charge is 0.284 e. The molecule has 0 amide bonds. The number of ether oxygens (including phenoxy) is 1. The standard InChI is InChI=1S/C16H26F2N2O2S/c1-12(2)15(20-5-7-21-8-6-20)10-19-9-13-3-4-14(22-13)11-23-16(17)18/h3-4,12,15-16,19H,5-11H2,1-2H3. The molecule has 0 saturated carbocycles. The third kappa shape index (κ3) is 6.41. The molecule has 132 valence electrons. The highest BCUT2D eigenvalue weighted by atomic mass is 32.2. The molecule has 1 fully saturated rings. The van der Waals surface area contributed by atoms with Gasteiger partial charge in [-0.2, -0.15) is 8.78 Å². The third-order valence-electron chi connectivity index (χ3n) is 4.01. The largest absolute Gasteiger partial charge is 0.464 e. The van der Waals surface area contributed by atoms with Gasteiger partial charge < -0.3 is 14.5 Å². The van der Waals surface area contributed by atoms with E-state index < -0.39 is 5.76 Å². The van der Waals surface area contributed by atoms with Crippen LogP contribution in [0.1, 0.15) is 25.4 Å². The molecule has 4 nitrogen and oxygen atoms in total. The molecular formula is C16H26F2N2O2S. The topological polar surface area (TPSA) is 37.6 Å². The number of furan rings is 1. The molecule has 0 aromatic carbocycles. The fraction of sp³-hybridized carbons (Fsp3) is 0.750. The summed E-state index contributed by atoms with van der Waals surface area (Å²) in [6, 6.07) is 4.09. The van der Waals surface area contributed by atoms with Gasteiger partial charge in [0, 0.05) is 25.7 Å². The van der Waals surface area contributed by atoms with E-state index in [1.165, 1.54) is 0 Å². The van der Waals surface area contributed by atoms with Crippen LogP contribution in [0, 0.1) is 5.92 Å². The van der Waals surface area contributed by atoms with Crippen LogP contribution in [-0.4, -0.2) is 49.5 Å². The molecule has 1 aromatic rings. The molecule has 1 saturated heterocycles. The zero-order chi connectivity index (χ0) is 16.7. The number of thioether (sulfide) groups is 1. The third-order valence-corrected chi connectivity index (χ3v) is 4.71. The Kier molecular flexibility index (Phi) is 7.82. The molecule has 23 heavy (non-hydrogen) atoms. The fourth-order valence-corrected chi connectivity index (χ4v) is 3.22. The number of hydrogen-bond donors (Lipinski definition) is 1. The summed E-state index contributed by atoms with van der Waals surface area (Å²) < 4.78 is 35.3. The zero-order valence-electron chi connectivity index (χ0n) is 13.8. The molecule has 7 heteroatoms. The first-order chi connectivity index (χ1) is 11.1. The van der Waals surface area contributed by atoms with Crippen LogP contribution >= 0.6 is 11.8 Å². The van der Waals surface area contributed by atoms with Crippen molar-refractivity contribution in [1.29, 1.82) is 0 Å². The van der Waals surface area contributed by atoms with E-state index in [1.54, 1.807) is 6.07 Å². The summed E-state index contributed by atoms with van der Waals surface area (Å²) >= 11 is 0.583. The Morgan fingerprint density at radius 3 is 2.57 bits per heavy atom. The van der Waals surface area contributed by atoms with Crippen LogP contribution < -0.4 is 5.32 Å². The first-order valence-corrected chi connectivity index (χ1v) is 9.11. The first kappa shape index (κ1) is 18.7. The Hall–Kier alpha value is -0.630. The lowest BCUT2D eigenvalue weighted by molar-refractivity contribution is 0.00639. The Bertz CT molecular complexity index is 451. The molecule has 0 spiro atoms. The number of halogens is 2. The van der Waals surface area contributed by atoms with Gasteiger partial charge in [0.25, 0.3) is 5.76 Å². The van der Waals surface area contributed by atoms with Crippen molar-refractivity contribution in [3.05, 3.63) is 23.7 Å². The Balaban J connectivity index is 1.75. The van der Waals surface area contributed by atoms with Crippen LogP contribution in [0.25, 0.3) is 0 Å². The van der Waals surface area contributed by atoms with Crippen LogP contribution in [0.4, 0.5) is 8.78 Å². The molecule has 2 heterocycles. The average Bonchev–Trinajstić information content (AvgIpc) is 2.98. The quantitative estimate of drug-likeness (QED) is 0.742. The molecule has 1 atom stereocenters. The highest BCUT2D eigenvalue weighted by Crippen LogP contribution is 2.21. The molecule has 0 bridgehead atoms. The number of hydrogen-bond acceptors (Lipinski definition) is 5. The maximum atomic E-state index is 12.2. The number of morpholine rings is 1. The minimum absolute atomic E-state index is 0.208. The molecule has 1 aromatic heterocycles. The lowest BCUT2D eigenvalue weighted by atomic mass is 10.0. The molecular weight excluding hydrogens is 322 g/mol. The number of nitrogens with one attached hydrogen (secondary N) is 1. The summed E-state index contributed by atoms with van der Waals surface area (Å²) in [7, 11) is 0. The predicted octanol–water partition coefficient (Wildman–Crippen LogP) is 3.18. The normalized spacial score (nSPS) is 18.0. The highest BCUT2D eigenvalue weighted by molar-refractivity contribution is 7.98. The van der Waals surface area contributed by atoms with Gasteiger partial charge in [0.15, 0.2) is 0 Å². The van der Waals surface area contributed by atoms with E-state index in [0.717, 1.165) is 38.6 Å². The van der Waals surface area contributed by atoms with Crippen molar-refractivity contribution in [2.45, 2.75) is 37.9 Å². The van der Waals surface area contributed by atoms with E-state index in [2.05, 4.69) is 24.1 Å². The Labute approximate surface area is 140 Å². The first-order valence-electron chi connectivity index (χ1n) is 8.06. The van der Waals surface area contributed by atoms with Crippen molar-refractivity contribution in [2.75, 3.05) is 32.8 Å². The van der Waals surface area contributed by atoms with Gasteiger partial charge in [-0.1, -0.05) is 25.6 Å². The van der Waals surface area contributed by atoms with Gasteiger partial charge in [-0.05, 0) is 18.1 Å². The van der Waals surface area contributed by atoms with E-state index in [-0.39, 0.29) is 5.75 Å². The lowest BCUT2D eigenvalue weighted by Gasteiger charge is -2.37. The lowest BCUT2D eigenvalue weighted by Crippen LogP contribution is -2.50. The van der Waals surface area contributed by atoms with Crippen molar-refractivity contribution < 1.29 is 17.9 Å². The van der Waals surface area contributed by atoms with Gasteiger partial charge in [-0.25, -0.2) is 0 Å². The summed E-state index contributed by atoms with van der Waals surface area (Å²) in [6.07, 6.45) is 0. The van der Waals surface area contributed by atoms with Gasteiger partial charge in [0.2, 0.25) is 0 Å². The summed E-state index contributed by atoms with van der Waals surface area (Å²) in [5.41, 5.74) is 0. The number of rotatable bonds is 9. The predicted molar refractivity (Wildman–Crippen MR) is 88.7 cm³/mol. The monoisotopic (exact) mass is 348 g/mol. The molecule has 2 rings (SSSR count). The van der Waals surface area contributed by atoms with Gasteiger partial charge in [-0.3, -0.25) is 4.90 Å². The van der Waals surface area contributed by atoms with E-state index in [1.807, 2.05) is 6.07 Å². The second-order valence-electron chi connectivity index (χ2n) is 6.03. The van der Waals surface area contributed by atoms with Crippen molar-refractivity contribution >= 4 is 11.8 Å². The Morgan fingerprint density at radius 1 is 1.22 bits per heavy atom. The van der Waals surface area contributed by atoms with Crippen molar-refractivity contribution in [1.82, 2.24) is 10.2 Å². The SMILES string of the molecule is CC(C)C(CNCc1ccc(CSC(F)F)o1)N1CCOCC1. The van der Waals surface area contributed by atoms with E-state index in [9.17, 15) is 8.78 Å². The van der Waals surface area contributed by atoms with Gasteiger partial charge in [0.05, 0.1) is 25.5 Å². The number of alkyl halides is 2. The van der Waals surface area contributed by atoms with E-state index >= 15 is 0 Å². The van der Waals surface area contributed by atoms with Crippen molar-refractivity contribution in [3.8, 4) is 0 Å². The van der Waals surface area contributed by atoms with Crippen LogP contribution in [0.3, 0.4) is 0 Å². The summed E-state index contributed by atoms with van der Waals surface area (Å²) in [5, 5.41) is 3.43. The van der Waals surface area contributed by atoms with Crippen LogP contribution in [0.5, 0.6) is 0 Å². The maximum Gasteiger partial charge on any atom is 0.284 e. The molecule has 1 aliphatic rings. The van der Waals surface area contributed by atoms with Crippen molar-refractivity contribution in [2.24, 2.45) is 5.92 Å². The fourth-order valence-electron chi connectivity index (χ4n) is 2.78. The summed E-state index contributed by atoms with van der Waals surface area (Å²) in [6.45, 7) is 9.49. The molecule has 1 N–H and O–H groups in total. The second-order valence-corrected chi connectivity index (χ2v) is 7.01. The number of nitrogens with zero attached hydrogens (tertiary/aromatic N) is 1. The van der Waals surface area contributed by atoms with Crippen LogP contribution in [0.2, 0.25) is 0 Å². The van der Waals surface area contributed by atoms with Crippen molar-refractivity contribution in [3.63, 3.8) is 0 Å². The average molecular weight is 348 g/mol.